The van der Waals surface area contributed by atoms with Crippen molar-refractivity contribution >= 4 is 17.2 Å². The minimum absolute atomic E-state index is 0.0117. The van der Waals surface area contributed by atoms with Crippen LogP contribution in [0.1, 0.15) is 44.1 Å². The van der Waals surface area contributed by atoms with Gasteiger partial charge in [0.25, 0.3) is 5.91 Å². The largest absolute Gasteiger partial charge is 0.491 e. The number of rotatable bonds is 5. The third-order valence-corrected chi connectivity index (χ3v) is 5.58. The first-order chi connectivity index (χ1) is 12.4. The van der Waals surface area contributed by atoms with E-state index in [-0.39, 0.29) is 18.1 Å². The van der Waals surface area contributed by atoms with Crippen LogP contribution in [0.5, 0.6) is 5.75 Å². The first-order valence-corrected chi connectivity index (χ1v) is 10.1. The van der Waals surface area contributed by atoms with Crippen molar-refractivity contribution in [3.63, 3.8) is 0 Å². The highest BCUT2D eigenvalue weighted by Gasteiger charge is 2.27. The Balaban J connectivity index is 1.70. The zero-order valence-corrected chi connectivity index (χ0v) is 16.5. The predicted molar refractivity (Wildman–Crippen MR) is 106 cm³/mol. The van der Waals surface area contributed by atoms with Crippen LogP contribution in [0.4, 0.5) is 0 Å². The van der Waals surface area contributed by atoms with Gasteiger partial charge < -0.3 is 15.4 Å². The second-order valence-electron chi connectivity index (χ2n) is 7.24. The third kappa shape index (κ3) is 4.43. The molecule has 2 aromatic rings. The van der Waals surface area contributed by atoms with Crippen molar-refractivity contribution in [2.24, 2.45) is 11.7 Å². The van der Waals surface area contributed by atoms with Crippen molar-refractivity contribution in [1.82, 2.24) is 9.88 Å². The molecule has 1 aliphatic heterocycles. The van der Waals surface area contributed by atoms with Crippen molar-refractivity contribution in [3.05, 3.63) is 35.3 Å². The van der Waals surface area contributed by atoms with E-state index in [1.807, 2.05) is 55.3 Å². The summed E-state index contributed by atoms with van der Waals surface area (Å²) in [6.45, 7) is 7.54. The van der Waals surface area contributed by atoms with Crippen molar-refractivity contribution in [2.45, 2.75) is 45.8 Å². The molecular formula is C20H27N3O2S. The molecule has 0 radical (unpaired) electrons. The van der Waals surface area contributed by atoms with Crippen molar-refractivity contribution in [1.29, 1.82) is 0 Å². The van der Waals surface area contributed by atoms with Gasteiger partial charge >= 0.3 is 0 Å². The molecule has 1 aromatic carbocycles. The highest BCUT2D eigenvalue weighted by Crippen LogP contribution is 2.27. The number of piperidine rings is 1. The van der Waals surface area contributed by atoms with Crippen LogP contribution in [0, 0.1) is 5.92 Å². The summed E-state index contributed by atoms with van der Waals surface area (Å²) in [6, 6.07) is 7.96. The highest BCUT2D eigenvalue weighted by molar-refractivity contribution is 7.13. The summed E-state index contributed by atoms with van der Waals surface area (Å²) >= 11 is 1.50. The number of aromatic nitrogens is 1. The van der Waals surface area contributed by atoms with Gasteiger partial charge in [-0.2, -0.15) is 0 Å². The zero-order valence-electron chi connectivity index (χ0n) is 15.6. The van der Waals surface area contributed by atoms with E-state index in [1.165, 1.54) is 11.3 Å². The molecule has 0 saturated carbocycles. The van der Waals surface area contributed by atoms with Crippen LogP contribution >= 0.6 is 11.3 Å². The maximum atomic E-state index is 12.8. The van der Waals surface area contributed by atoms with E-state index < -0.39 is 0 Å². The Hall–Kier alpha value is -1.92. The van der Waals surface area contributed by atoms with Gasteiger partial charge in [-0.3, -0.25) is 4.79 Å². The fourth-order valence-corrected chi connectivity index (χ4v) is 4.04. The number of nitrogens with zero attached hydrogens (tertiary/aromatic N) is 2. The number of likely N-dealkylation sites (tertiary alicyclic amines) is 1. The molecule has 26 heavy (non-hydrogen) atoms. The Labute approximate surface area is 159 Å². The van der Waals surface area contributed by atoms with Crippen molar-refractivity contribution < 1.29 is 9.53 Å². The first kappa shape index (κ1) is 18.9. The Morgan fingerprint density at radius 2 is 2.04 bits per heavy atom. The molecule has 1 aromatic heterocycles. The quantitative estimate of drug-likeness (QED) is 0.866. The number of carbonyl (C=O) groups excluding carboxylic acids is 1. The minimum atomic E-state index is 0.0117. The molecule has 2 unspecified atom stereocenters. The van der Waals surface area contributed by atoms with Gasteiger partial charge in [-0.05, 0) is 63.8 Å². The normalized spacial score (nSPS) is 18.8. The number of hydrogen-bond acceptors (Lipinski definition) is 5. The molecule has 1 aliphatic rings. The molecule has 6 heteroatoms. The van der Waals surface area contributed by atoms with Gasteiger partial charge in [0.1, 0.15) is 16.5 Å². The number of nitrogens with two attached hydrogens (primary N) is 1. The lowest BCUT2D eigenvalue weighted by atomic mass is 9.92. The second kappa shape index (κ2) is 8.18. The smallest absolute Gasteiger partial charge is 0.273 e. The molecule has 1 saturated heterocycles. The van der Waals surface area contributed by atoms with E-state index in [4.69, 9.17) is 10.5 Å². The van der Waals surface area contributed by atoms with Crippen molar-refractivity contribution in [3.8, 4) is 16.3 Å². The van der Waals surface area contributed by atoms with Gasteiger partial charge in [0.15, 0.2) is 0 Å². The number of hydrogen-bond donors (Lipinski definition) is 1. The van der Waals surface area contributed by atoms with Crippen LogP contribution in [-0.2, 0) is 0 Å². The van der Waals surface area contributed by atoms with E-state index in [1.54, 1.807) is 0 Å². The van der Waals surface area contributed by atoms with Crippen LogP contribution < -0.4 is 10.5 Å². The summed E-state index contributed by atoms with van der Waals surface area (Å²) in [5, 5.41) is 2.70. The van der Waals surface area contributed by atoms with Crippen LogP contribution in [0.15, 0.2) is 29.6 Å². The van der Waals surface area contributed by atoms with Crippen LogP contribution in [0.3, 0.4) is 0 Å². The average Bonchev–Trinajstić information content (AvgIpc) is 3.11. The molecule has 1 amide bonds. The average molecular weight is 374 g/mol. The summed E-state index contributed by atoms with van der Waals surface area (Å²) in [4.78, 5) is 19.3. The zero-order chi connectivity index (χ0) is 18.7. The monoisotopic (exact) mass is 373 g/mol. The van der Waals surface area contributed by atoms with Gasteiger partial charge in [0, 0.05) is 30.1 Å². The summed E-state index contributed by atoms with van der Waals surface area (Å²) in [7, 11) is 0. The lowest BCUT2D eigenvalue weighted by Crippen LogP contribution is -2.45. The summed E-state index contributed by atoms with van der Waals surface area (Å²) in [6.07, 6.45) is 2.25. The number of benzene rings is 1. The summed E-state index contributed by atoms with van der Waals surface area (Å²) in [5.41, 5.74) is 7.55. The van der Waals surface area contributed by atoms with Gasteiger partial charge in [-0.15, -0.1) is 11.3 Å². The third-order valence-electron chi connectivity index (χ3n) is 4.68. The summed E-state index contributed by atoms with van der Waals surface area (Å²) < 4.78 is 5.67. The van der Waals surface area contributed by atoms with E-state index in [0.29, 0.717) is 11.6 Å². The van der Waals surface area contributed by atoms with Crippen LogP contribution in [0.2, 0.25) is 0 Å². The van der Waals surface area contributed by atoms with E-state index >= 15 is 0 Å². The Morgan fingerprint density at radius 1 is 1.31 bits per heavy atom. The molecule has 2 heterocycles. The van der Waals surface area contributed by atoms with E-state index in [2.05, 4.69) is 4.98 Å². The van der Waals surface area contributed by atoms with Crippen LogP contribution in [-0.4, -0.2) is 41.0 Å². The van der Waals surface area contributed by atoms with E-state index in [9.17, 15) is 4.79 Å². The van der Waals surface area contributed by atoms with Crippen LogP contribution in [0.25, 0.3) is 10.6 Å². The molecular weight excluding hydrogens is 346 g/mol. The van der Waals surface area contributed by atoms with E-state index in [0.717, 1.165) is 42.3 Å². The topological polar surface area (TPSA) is 68.5 Å². The van der Waals surface area contributed by atoms with Gasteiger partial charge in [-0.25, -0.2) is 4.98 Å². The van der Waals surface area contributed by atoms with Gasteiger partial charge in [0.05, 0.1) is 6.10 Å². The fourth-order valence-electron chi connectivity index (χ4n) is 3.24. The lowest BCUT2D eigenvalue weighted by molar-refractivity contribution is 0.0656. The molecule has 0 bridgehead atoms. The molecule has 0 spiro atoms. The molecule has 1 fully saturated rings. The van der Waals surface area contributed by atoms with Crippen molar-refractivity contribution in [2.75, 3.05) is 13.1 Å². The molecule has 3 rings (SSSR count). The molecule has 0 aliphatic carbocycles. The Bertz CT molecular complexity index is 740. The lowest BCUT2D eigenvalue weighted by Gasteiger charge is -2.34. The Morgan fingerprint density at radius 3 is 2.69 bits per heavy atom. The standard InChI is InChI=1S/C20H27N3O2S/c1-13(2)25-17-8-6-15(7-9-17)19-22-18(12-26-19)20(24)23-10-4-5-16(11-23)14(3)21/h6-9,12-14,16H,4-5,10-11,21H2,1-3H3. The first-order valence-electron chi connectivity index (χ1n) is 9.21. The highest BCUT2D eigenvalue weighted by atomic mass is 32.1. The number of carbonyl (C=O) groups is 1. The Kier molecular flexibility index (Phi) is 5.94. The summed E-state index contributed by atoms with van der Waals surface area (Å²) in [5.74, 6) is 1.23. The SMILES string of the molecule is CC(C)Oc1ccc(-c2nc(C(=O)N3CCCC(C(C)N)C3)cs2)cc1. The fraction of sp³-hybridized carbons (Fsp3) is 0.500. The molecule has 2 N–H and O–H groups in total. The predicted octanol–water partition coefficient (Wildman–Crippen LogP) is 3.80. The molecule has 5 nitrogen and oxygen atoms in total. The minimum Gasteiger partial charge on any atom is -0.491 e. The maximum absolute atomic E-state index is 12.8. The number of amides is 1. The van der Waals surface area contributed by atoms with Gasteiger partial charge in [-0.1, -0.05) is 0 Å². The van der Waals surface area contributed by atoms with Gasteiger partial charge in [0.2, 0.25) is 0 Å². The molecule has 140 valence electrons. The molecule has 2 atom stereocenters. The maximum Gasteiger partial charge on any atom is 0.273 e. The second-order valence-corrected chi connectivity index (χ2v) is 8.10. The number of ether oxygens (including phenoxy) is 1. The number of thiazole rings is 1.